The SMILES string of the molecule is N=S=O.c1csnn1. The molecule has 0 bridgehead atoms. The first-order valence-electron chi connectivity index (χ1n) is 1.58. The molecule has 0 saturated heterocycles. The van der Waals surface area contributed by atoms with E-state index in [0.717, 1.165) is 0 Å². The van der Waals surface area contributed by atoms with Gasteiger partial charge in [0.1, 0.15) is 0 Å². The molecule has 0 fully saturated rings. The number of aromatic nitrogens is 2. The minimum absolute atomic E-state index is 0.250. The second-order valence-corrected chi connectivity index (χ2v) is 1.48. The first kappa shape index (κ1) is 7.38. The molecule has 6 heteroatoms. The summed E-state index contributed by atoms with van der Waals surface area (Å²) in [6, 6.07) is 0. The van der Waals surface area contributed by atoms with Gasteiger partial charge in [-0.1, -0.05) is 4.49 Å². The highest BCUT2D eigenvalue weighted by Crippen LogP contribution is 1.78. The summed E-state index contributed by atoms with van der Waals surface area (Å²) >= 11 is 1.10. The van der Waals surface area contributed by atoms with Crippen LogP contribution in [0.5, 0.6) is 0 Å². The summed E-state index contributed by atoms with van der Waals surface area (Å²) in [7, 11) is 0. The minimum atomic E-state index is -0.250. The Morgan fingerprint density at radius 1 is 1.75 bits per heavy atom. The summed E-state index contributed by atoms with van der Waals surface area (Å²) in [6.07, 6.45) is 1.66. The van der Waals surface area contributed by atoms with Gasteiger partial charge in [0.15, 0.2) is 11.5 Å². The molecule has 1 heterocycles. The Morgan fingerprint density at radius 3 is 2.50 bits per heavy atom. The molecule has 0 radical (unpaired) electrons. The first-order chi connectivity index (χ1) is 3.91. The maximum atomic E-state index is 8.51. The Morgan fingerprint density at radius 2 is 2.38 bits per heavy atom. The Kier molecular flexibility index (Phi) is 5.89. The molecule has 0 aliphatic heterocycles. The Bertz CT molecular complexity index is 127. The zero-order valence-corrected chi connectivity index (χ0v) is 5.41. The highest BCUT2D eigenvalue weighted by Gasteiger charge is 1.61. The van der Waals surface area contributed by atoms with Gasteiger partial charge in [-0.05, 0) is 11.5 Å². The molecular formula is C2H3N3OS2. The Hall–Kier alpha value is -0.620. The third-order valence-corrected chi connectivity index (χ3v) is 0.715. The largest absolute Gasteiger partial charge is 0.210 e. The van der Waals surface area contributed by atoms with Crippen LogP contribution in [-0.4, -0.2) is 13.8 Å². The fourth-order valence-corrected chi connectivity index (χ4v) is 0.408. The Labute approximate surface area is 53.8 Å². The van der Waals surface area contributed by atoms with E-state index >= 15 is 0 Å². The van der Waals surface area contributed by atoms with E-state index in [9.17, 15) is 0 Å². The van der Waals surface area contributed by atoms with E-state index in [-0.39, 0.29) is 11.5 Å². The molecule has 0 unspecified atom stereocenters. The van der Waals surface area contributed by atoms with Crippen molar-refractivity contribution in [1.82, 2.24) is 9.59 Å². The van der Waals surface area contributed by atoms with E-state index in [1.54, 1.807) is 6.20 Å². The maximum absolute atomic E-state index is 8.51. The molecule has 8 heavy (non-hydrogen) atoms. The summed E-state index contributed by atoms with van der Waals surface area (Å²) in [5.74, 6) is 0. The van der Waals surface area contributed by atoms with Gasteiger partial charge in [0.25, 0.3) is 0 Å². The smallest absolute Gasteiger partial charge is 0.196 e. The topological polar surface area (TPSA) is 66.7 Å². The van der Waals surface area contributed by atoms with Gasteiger partial charge in [0.05, 0.1) is 6.20 Å². The molecule has 1 aromatic heterocycles. The zero-order valence-electron chi connectivity index (χ0n) is 3.77. The van der Waals surface area contributed by atoms with Crippen molar-refractivity contribution in [3.05, 3.63) is 11.6 Å². The molecule has 1 aromatic rings. The molecule has 0 aliphatic rings. The normalized spacial score (nSPS) is 6.50. The molecule has 0 atom stereocenters. The van der Waals surface area contributed by atoms with E-state index in [4.69, 9.17) is 8.99 Å². The van der Waals surface area contributed by atoms with Crippen molar-refractivity contribution < 1.29 is 4.21 Å². The Balaban J connectivity index is 0.000000145. The van der Waals surface area contributed by atoms with Gasteiger partial charge >= 0.3 is 0 Å². The van der Waals surface area contributed by atoms with Crippen molar-refractivity contribution in [3.8, 4) is 0 Å². The fraction of sp³-hybridized carbons (Fsp3) is 0. The highest BCUT2D eigenvalue weighted by molar-refractivity contribution is 7.53. The van der Waals surface area contributed by atoms with Crippen molar-refractivity contribution in [2.45, 2.75) is 0 Å². The molecule has 0 aromatic carbocycles. The molecular weight excluding hydrogens is 146 g/mol. The van der Waals surface area contributed by atoms with Crippen LogP contribution in [0.3, 0.4) is 0 Å². The van der Waals surface area contributed by atoms with E-state index in [2.05, 4.69) is 9.59 Å². The van der Waals surface area contributed by atoms with Crippen molar-refractivity contribution >= 4 is 23.0 Å². The van der Waals surface area contributed by atoms with Crippen molar-refractivity contribution in [3.63, 3.8) is 0 Å². The van der Waals surface area contributed by atoms with Crippen LogP contribution in [-0.2, 0) is 11.5 Å². The van der Waals surface area contributed by atoms with Gasteiger partial charge in [-0.15, -0.1) is 5.10 Å². The average molecular weight is 149 g/mol. The number of nitrogens with zero attached hydrogens (tertiary/aromatic N) is 2. The van der Waals surface area contributed by atoms with Crippen molar-refractivity contribution in [2.75, 3.05) is 0 Å². The molecule has 0 aliphatic carbocycles. The predicted octanol–water partition coefficient (Wildman–Crippen LogP) is 0.500. The minimum Gasteiger partial charge on any atom is -0.210 e. The monoisotopic (exact) mass is 149 g/mol. The molecule has 44 valence electrons. The van der Waals surface area contributed by atoms with E-state index in [0.29, 0.717) is 0 Å². The van der Waals surface area contributed by atoms with E-state index < -0.39 is 0 Å². The lowest BCUT2D eigenvalue weighted by Crippen LogP contribution is -1.51. The summed E-state index contributed by atoms with van der Waals surface area (Å²) in [5.41, 5.74) is 0. The molecule has 0 amide bonds. The predicted molar refractivity (Wildman–Crippen MR) is 30.8 cm³/mol. The average Bonchev–Trinajstić information content (AvgIpc) is 2.17. The summed E-state index contributed by atoms with van der Waals surface area (Å²) in [4.78, 5) is 0. The lowest BCUT2D eigenvalue weighted by molar-refractivity contribution is 0.697. The van der Waals surface area contributed by atoms with Crippen LogP contribution in [0.25, 0.3) is 0 Å². The van der Waals surface area contributed by atoms with Gasteiger partial charge < -0.3 is 0 Å². The van der Waals surface area contributed by atoms with Crippen LogP contribution in [0.1, 0.15) is 0 Å². The fourth-order valence-electron chi connectivity index (χ4n) is 0.136. The lowest BCUT2D eigenvalue weighted by Gasteiger charge is -1.40. The summed E-state index contributed by atoms with van der Waals surface area (Å²) in [5, 5.41) is 5.31. The van der Waals surface area contributed by atoms with Gasteiger partial charge in [-0.2, -0.15) is 4.21 Å². The van der Waals surface area contributed by atoms with Crippen LogP contribution < -0.4 is 0 Å². The summed E-state index contributed by atoms with van der Waals surface area (Å²) in [6.45, 7) is 0. The summed E-state index contributed by atoms with van der Waals surface area (Å²) < 4.78 is 17.6. The molecule has 0 saturated carbocycles. The number of hydrogen-bond donors (Lipinski definition) is 1. The molecule has 0 spiro atoms. The van der Waals surface area contributed by atoms with Crippen LogP contribution >= 0.6 is 11.5 Å². The van der Waals surface area contributed by atoms with Gasteiger partial charge in [0, 0.05) is 5.38 Å². The standard InChI is InChI=1S/C2H2N2S.HNOS/c1-2-5-4-3-1;1-3-2/h1-2H;1H. The first-order valence-corrected chi connectivity index (χ1v) is 3.16. The van der Waals surface area contributed by atoms with Crippen molar-refractivity contribution in [2.24, 2.45) is 0 Å². The lowest BCUT2D eigenvalue weighted by atomic mass is 11.1. The third-order valence-electron chi connectivity index (χ3n) is 0.283. The molecule has 1 rings (SSSR count). The number of rotatable bonds is 0. The zero-order chi connectivity index (χ0) is 6.24. The molecule has 1 N–H and O–H groups in total. The van der Waals surface area contributed by atoms with Crippen LogP contribution in [0, 0.1) is 4.78 Å². The van der Waals surface area contributed by atoms with Gasteiger partial charge in [0.2, 0.25) is 0 Å². The quantitative estimate of drug-likeness (QED) is 0.584. The van der Waals surface area contributed by atoms with Gasteiger partial charge in [-0.3, -0.25) is 0 Å². The van der Waals surface area contributed by atoms with Crippen molar-refractivity contribution in [1.29, 1.82) is 4.78 Å². The number of hydrogen-bond acceptors (Lipinski definition) is 5. The van der Waals surface area contributed by atoms with E-state index in [1.165, 1.54) is 11.5 Å². The van der Waals surface area contributed by atoms with E-state index in [1.807, 2.05) is 5.38 Å². The van der Waals surface area contributed by atoms with Gasteiger partial charge in [-0.25, -0.2) is 4.78 Å². The number of nitrogens with one attached hydrogen (secondary N) is 1. The van der Waals surface area contributed by atoms with Crippen LogP contribution in [0.4, 0.5) is 0 Å². The highest BCUT2D eigenvalue weighted by atomic mass is 32.1. The maximum Gasteiger partial charge on any atom is 0.196 e. The second-order valence-electron chi connectivity index (χ2n) is 0.671. The second kappa shape index (κ2) is 6.38. The van der Waals surface area contributed by atoms with Crippen LogP contribution in [0.2, 0.25) is 0 Å². The molecule has 4 nitrogen and oxygen atoms in total. The third kappa shape index (κ3) is 5.38. The van der Waals surface area contributed by atoms with Crippen LogP contribution in [0.15, 0.2) is 11.6 Å².